The minimum Gasteiger partial charge on any atom is -0.508 e. The summed E-state index contributed by atoms with van der Waals surface area (Å²) in [5, 5.41) is 14.7. The van der Waals surface area contributed by atoms with Gasteiger partial charge in [0, 0.05) is 17.4 Å². The maximum atomic E-state index is 9.72. The highest BCUT2D eigenvalue weighted by Gasteiger charge is 2.10. The summed E-state index contributed by atoms with van der Waals surface area (Å²) in [4.78, 5) is 0. The highest BCUT2D eigenvalue weighted by atomic mass is 16.5. The molecule has 0 aliphatic heterocycles. The zero-order valence-electron chi connectivity index (χ0n) is 9.13. The van der Waals surface area contributed by atoms with Crippen LogP contribution in [0.3, 0.4) is 0 Å². The van der Waals surface area contributed by atoms with Gasteiger partial charge >= 0.3 is 0 Å². The summed E-state index contributed by atoms with van der Waals surface area (Å²) in [6.45, 7) is 0. The standard InChI is InChI=1S/C14H11NO2/c16-13-8-4-1-5-10(13)9-14-11-6-2-3-7-12(11)15-17-14/h1-8,16H,9H2. The molecule has 0 radical (unpaired) electrons. The summed E-state index contributed by atoms with van der Waals surface area (Å²) in [5.74, 6) is 1.06. The third kappa shape index (κ3) is 1.76. The normalized spacial score (nSPS) is 10.8. The summed E-state index contributed by atoms with van der Waals surface area (Å²) >= 11 is 0. The predicted molar refractivity (Wildman–Crippen MR) is 64.9 cm³/mol. The molecule has 1 heterocycles. The maximum Gasteiger partial charge on any atom is 0.149 e. The molecule has 0 aliphatic carbocycles. The van der Waals surface area contributed by atoms with Crippen molar-refractivity contribution in [1.29, 1.82) is 0 Å². The van der Waals surface area contributed by atoms with Crippen LogP contribution < -0.4 is 0 Å². The summed E-state index contributed by atoms with van der Waals surface area (Å²) in [6.07, 6.45) is 0.549. The lowest BCUT2D eigenvalue weighted by Crippen LogP contribution is -1.86. The van der Waals surface area contributed by atoms with Gasteiger partial charge in [-0.15, -0.1) is 0 Å². The molecule has 3 aromatic rings. The molecule has 0 spiro atoms. The van der Waals surface area contributed by atoms with Gasteiger partial charge in [-0.1, -0.05) is 35.5 Å². The van der Waals surface area contributed by atoms with Gasteiger partial charge in [0.2, 0.25) is 0 Å². The van der Waals surface area contributed by atoms with Crippen LogP contribution in [0.1, 0.15) is 11.3 Å². The highest BCUT2D eigenvalue weighted by Crippen LogP contribution is 2.24. The molecule has 2 aromatic carbocycles. The first-order chi connectivity index (χ1) is 8.34. The molecule has 0 atom stereocenters. The lowest BCUT2D eigenvalue weighted by molar-refractivity contribution is 0.394. The number of fused-ring (bicyclic) bond motifs is 1. The summed E-state index contributed by atoms with van der Waals surface area (Å²) in [5.41, 5.74) is 1.69. The lowest BCUT2D eigenvalue weighted by Gasteiger charge is -2.01. The molecule has 1 N–H and O–H groups in total. The van der Waals surface area contributed by atoms with Crippen molar-refractivity contribution >= 4 is 10.9 Å². The number of aromatic hydroxyl groups is 1. The quantitative estimate of drug-likeness (QED) is 0.728. The van der Waals surface area contributed by atoms with E-state index in [0.717, 1.165) is 22.2 Å². The van der Waals surface area contributed by atoms with Crippen LogP contribution in [-0.2, 0) is 6.42 Å². The first-order valence-corrected chi connectivity index (χ1v) is 5.45. The smallest absolute Gasteiger partial charge is 0.149 e. The van der Waals surface area contributed by atoms with Crippen LogP contribution in [0, 0.1) is 0 Å². The Hall–Kier alpha value is -2.29. The number of phenolic OH excluding ortho intramolecular Hbond substituents is 1. The second kappa shape index (κ2) is 3.94. The third-order valence-electron chi connectivity index (χ3n) is 2.80. The molecule has 0 saturated heterocycles. The van der Waals surface area contributed by atoms with Crippen LogP contribution in [0.2, 0.25) is 0 Å². The van der Waals surface area contributed by atoms with Crippen LogP contribution >= 0.6 is 0 Å². The van der Waals surface area contributed by atoms with E-state index in [1.54, 1.807) is 12.1 Å². The van der Waals surface area contributed by atoms with Gasteiger partial charge in [-0.3, -0.25) is 0 Å². The van der Waals surface area contributed by atoms with Gasteiger partial charge in [-0.2, -0.15) is 0 Å². The number of phenols is 1. The number of aromatic nitrogens is 1. The van der Waals surface area contributed by atoms with E-state index in [1.807, 2.05) is 36.4 Å². The average Bonchev–Trinajstić information content (AvgIpc) is 2.76. The fraction of sp³-hybridized carbons (Fsp3) is 0.0714. The molecule has 84 valence electrons. The molecule has 0 amide bonds. The molecule has 3 heteroatoms. The van der Waals surface area contributed by atoms with E-state index in [-0.39, 0.29) is 5.75 Å². The van der Waals surface area contributed by atoms with Gasteiger partial charge < -0.3 is 9.63 Å². The minimum atomic E-state index is 0.285. The summed E-state index contributed by atoms with van der Waals surface area (Å²) < 4.78 is 5.31. The van der Waals surface area contributed by atoms with Crippen LogP contribution in [0.5, 0.6) is 5.75 Å². The first kappa shape index (κ1) is 9.90. The first-order valence-electron chi connectivity index (χ1n) is 5.45. The molecule has 0 saturated carbocycles. The summed E-state index contributed by atoms with van der Waals surface area (Å²) in [7, 11) is 0. The molecule has 3 nitrogen and oxygen atoms in total. The van der Waals surface area contributed by atoms with Crippen molar-refractivity contribution in [3.8, 4) is 5.75 Å². The van der Waals surface area contributed by atoms with Gasteiger partial charge in [0.1, 0.15) is 17.0 Å². The minimum absolute atomic E-state index is 0.285. The van der Waals surface area contributed by atoms with Crippen molar-refractivity contribution in [2.45, 2.75) is 6.42 Å². The van der Waals surface area contributed by atoms with Crippen LogP contribution in [0.15, 0.2) is 53.1 Å². The number of rotatable bonds is 2. The van der Waals surface area contributed by atoms with Crippen molar-refractivity contribution < 1.29 is 9.63 Å². The Morgan fingerprint density at radius 2 is 1.76 bits per heavy atom. The fourth-order valence-corrected chi connectivity index (χ4v) is 1.90. The predicted octanol–water partition coefficient (Wildman–Crippen LogP) is 3.12. The molecule has 0 fully saturated rings. The average molecular weight is 225 g/mol. The zero-order chi connectivity index (χ0) is 11.7. The van der Waals surface area contributed by atoms with E-state index in [0.29, 0.717) is 6.42 Å². The van der Waals surface area contributed by atoms with Crippen molar-refractivity contribution in [2.75, 3.05) is 0 Å². The van der Waals surface area contributed by atoms with Crippen LogP contribution in [-0.4, -0.2) is 10.3 Å². The molecule has 3 rings (SSSR count). The van der Waals surface area contributed by atoms with Gasteiger partial charge in [0.05, 0.1) is 0 Å². The second-order valence-electron chi connectivity index (χ2n) is 3.93. The van der Waals surface area contributed by atoms with Gasteiger partial charge in [0.25, 0.3) is 0 Å². The van der Waals surface area contributed by atoms with E-state index < -0.39 is 0 Å². The number of para-hydroxylation sites is 1. The molecule has 17 heavy (non-hydrogen) atoms. The van der Waals surface area contributed by atoms with Crippen molar-refractivity contribution in [3.05, 3.63) is 59.9 Å². The molecule has 1 aromatic heterocycles. The number of nitrogens with zero attached hydrogens (tertiary/aromatic N) is 1. The summed E-state index contributed by atoms with van der Waals surface area (Å²) in [6, 6.07) is 15.0. The van der Waals surface area contributed by atoms with Crippen molar-refractivity contribution in [2.24, 2.45) is 0 Å². The monoisotopic (exact) mass is 225 g/mol. The van der Waals surface area contributed by atoms with E-state index in [2.05, 4.69) is 5.16 Å². The fourth-order valence-electron chi connectivity index (χ4n) is 1.90. The maximum absolute atomic E-state index is 9.72. The van der Waals surface area contributed by atoms with Crippen LogP contribution in [0.25, 0.3) is 10.9 Å². The molecule has 0 aliphatic rings. The van der Waals surface area contributed by atoms with Crippen molar-refractivity contribution in [1.82, 2.24) is 5.16 Å². The van der Waals surface area contributed by atoms with E-state index in [1.165, 1.54) is 0 Å². The van der Waals surface area contributed by atoms with E-state index in [9.17, 15) is 5.11 Å². The molecular formula is C14H11NO2. The molecule has 0 unspecified atom stereocenters. The third-order valence-corrected chi connectivity index (χ3v) is 2.80. The second-order valence-corrected chi connectivity index (χ2v) is 3.93. The number of benzene rings is 2. The topological polar surface area (TPSA) is 46.3 Å². The zero-order valence-corrected chi connectivity index (χ0v) is 9.13. The Labute approximate surface area is 98.3 Å². The Bertz CT molecular complexity index is 658. The van der Waals surface area contributed by atoms with E-state index >= 15 is 0 Å². The van der Waals surface area contributed by atoms with Gasteiger partial charge in [-0.25, -0.2) is 0 Å². The Kier molecular flexibility index (Phi) is 2.29. The largest absolute Gasteiger partial charge is 0.508 e. The van der Waals surface area contributed by atoms with Crippen LogP contribution in [0.4, 0.5) is 0 Å². The van der Waals surface area contributed by atoms with Gasteiger partial charge in [-0.05, 0) is 18.2 Å². The Morgan fingerprint density at radius 3 is 2.65 bits per heavy atom. The Balaban J connectivity index is 2.03. The number of hydrogen-bond acceptors (Lipinski definition) is 3. The Morgan fingerprint density at radius 1 is 1.00 bits per heavy atom. The SMILES string of the molecule is Oc1ccccc1Cc1onc2ccccc12. The van der Waals surface area contributed by atoms with E-state index in [4.69, 9.17) is 4.52 Å². The lowest BCUT2D eigenvalue weighted by atomic mass is 10.1. The van der Waals surface area contributed by atoms with Crippen molar-refractivity contribution in [3.63, 3.8) is 0 Å². The highest BCUT2D eigenvalue weighted by molar-refractivity contribution is 5.80. The number of hydrogen-bond donors (Lipinski definition) is 1. The molecule has 0 bridgehead atoms. The molecular weight excluding hydrogens is 214 g/mol. The van der Waals surface area contributed by atoms with Gasteiger partial charge in [0.15, 0.2) is 0 Å².